The SMILES string of the molecule is Cc1cc(Nc2cc(C3CC3)nc(NCCN(C)C)n2)ccc1Cl. The van der Waals surface area contributed by atoms with Crippen LogP contribution in [-0.4, -0.2) is 42.1 Å². The summed E-state index contributed by atoms with van der Waals surface area (Å²) in [5, 5.41) is 7.47. The first-order valence-corrected chi connectivity index (χ1v) is 8.70. The monoisotopic (exact) mass is 345 g/mol. The molecule has 0 spiro atoms. The van der Waals surface area contributed by atoms with Crippen LogP contribution < -0.4 is 10.6 Å². The molecule has 1 aromatic carbocycles. The van der Waals surface area contributed by atoms with Gasteiger partial charge in [-0.2, -0.15) is 4.98 Å². The van der Waals surface area contributed by atoms with Gasteiger partial charge in [-0.05, 0) is 57.6 Å². The van der Waals surface area contributed by atoms with Gasteiger partial charge in [0.25, 0.3) is 0 Å². The molecule has 1 aliphatic rings. The largest absolute Gasteiger partial charge is 0.353 e. The van der Waals surface area contributed by atoms with E-state index in [9.17, 15) is 0 Å². The topological polar surface area (TPSA) is 53.1 Å². The van der Waals surface area contributed by atoms with Crippen molar-refractivity contribution in [2.45, 2.75) is 25.7 Å². The fraction of sp³-hybridized carbons (Fsp3) is 0.444. The van der Waals surface area contributed by atoms with E-state index in [1.807, 2.05) is 25.1 Å². The Morgan fingerprint density at radius 1 is 1.21 bits per heavy atom. The highest BCUT2D eigenvalue weighted by Crippen LogP contribution is 2.40. The smallest absolute Gasteiger partial charge is 0.224 e. The summed E-state index contributed by atoms with van der Waals surface area (Å²) >= 11 is 6.10. The van der Waals surface area contributed by atoms with Crippen molar-refractivity contribution in [3.63, 3.8) is 0 Å². The van der Waals surface area contributed by atoms with Crippen molar-refractivity contribution in [2.24, 2.45) is 0 Å². The first-order chi connectivity index (χ1) is 11.5. The molecule has 1 fully saturated rings. The molecule has 0 radical (unpaired) electrons. The van der Waals surface area contributed by atoms with E-state index in [-0.39, 0.29) is 0 Å². The number of nitrogens with zero attached hydrogens (tertiary/aromatic N) is 3. The van der Waals surface area contributed by atoms with E-state index >= 15 is 0 Å². The summed E-state index contributed by atoms with van der Waals surface area (Å²) in [5.74, 6) is 2.09. The van der Waals surface area contributed by atoms with Crippen molar-refractivity contribution in [1.29, 1.82) is 0 Å². The Morgan fingerprint density at radius 2 is 2.00 bits per heavy atom. The van der Waals surface area contributed by atoms with E-state index < -0.39 is 0 Å². The molecule has 5 nitrogen and oxygen atoms in total. The van der Waals surface area contributed by atoms with E-state index in [2.05, 4.69) is 45.7 Å². The number of anilines is 3. The fourth-order valence-corrected chi connectivity index (χ4v) is 2.58. The second-order valence-electron chi connectivity index (χ2n) is 6.59. The van der Waals surface area contributed by atoms with Crippen LogP contribution in [0.5, 0.6) is 0 Å². The second-order valence-corrected chi connectivity index (χ2v) is 7.00. The Bertz CT molecular complexity index is 713. The number of nitrogens with one attached hydrogen (secondary N) is 2. The van der Waals surface area contributed by atoms with Crippen LogP contribution in [-0.2, 0) is 0 Å². The molecule has 1 heterocycles. The van der Waals surface area contributed by atoms with Gasteiger partial charge in [0.05, 0.1) is 5.69 Å². The third kappa shape index (κ3) is 4.58. The maximum absolute atomic E-state index is 6.10. The van der Waals surface area contributed by atoms with Crippen LogP contribution in [0.25, 0.3) is 0 Å². The Hall–Kier alpha value is -1.85. The van der Waals surface area contributed by atoms with E-state index in [0.29, 0.717) is 11.9 Å². The minimum absolute atomic E-state index is 0.579. The number of hydrogen-bond acceptors (Lipinski definition) is 5. The molecule has 0 atom stereocenters. The standard InChI is InChI=1S/C18H24ClN5/c1-12-10-14(6-7-15(12)19)21-17-11-16(13-4-5-13)22-18(23-17)20-8-9-24(2)3/h6-7,10-11,13H,4-5,8-9H2,1-3H3,(H2,20,21,22,23). The highest BCUT2D eigenvalue weighted by molar-refractivity contribution is 6.31. The molecule has 2 N–H and O–H groups in total. The summed E-state index contributed by atoms with van der Waals surface area (Å²) in [6, 6.07) is 7.95. The van der Waals surface area contributed by atoms with Gasteiger partial charge in [0.1, 0.15) is 5.82 Å². The second kappa shape index (κ2) is 7.36. The normalized spacial score (nSPS) is 14.0. The third-order valence-electron chi connectivity index (χ3n) is 4.01. The highest BCUT2D eigenvalue weighted by atomic mass is 35.5. The number of aromatic nitrogens is 2. The molecule has 0 unspecified atom stereocenters. The molecule has 1 saturated carbocycles. The maximum atomic E-state index is 6.10. The van der Waals surface area contributed by atoms with Gasteiger partial charge in [0, 0.05) is 35.8 Å². The lowest BCUT2D eigenvalue weighted by molar-refractivity contribution is 0.425. The zero-order chi connectivity index (χ0) is 17.1. The van der Waals surface area contributed by atoms with Crippen LogP contribution in [0.2, 0.25) is 5.02 Å². The minimum Gasteiger partial charge on any atom is -0.353 e. The van der Waals surface area contributed by atoms with Crippen LogP contribution in [0.15, 0.2) is 24.3 Å². The van der Waals surface area contributed by atoms with Crippen LogP contribution in [0.4, 0.5) is 17.5 Å². The zero-order valence-corrected chi connectivity index (χ0v) is 15.2. The number of benzene rings is 1. The molecule has 1 aromatic heterocycles. The molecule has 0 amide bonds. The molecule has 1 aliphatic carbocycles. The molecule has 0 aliphatic heterocycles. The van der Waals surface area contributed by atoms with E-state index in [1.165, 1.54) is 12.8 Å². The van der Waals surface area contributed by atoms with Crippen molar-refractivity contribution < 1.29 is 0 Å². The van der Waals surface area contributed by atoms with Crippen molar-refractivity contribution in [2.75, 3.05) is 37.8 Å². The lowest BCUT2D eigenvalue weighted by atomic mass is 10.2. The predicted molar refractivity (Wildman–Crippen MR) is 101 cm³/mol. The van der Waals surface area contributed by atoms with Gasteiger partial charge in [-0.1, -0.05) is 11.6 Å². The van der Waals surface area contributed by atoms with Crippen molar-refractivity contribution in [3.8, 4) is 0 Å². The molecule has 24 heavy (non-hydrogen) atoms. The van der Waals surface area contributed by atoms with Crippen molar-refractivity contribution in [1.82, 2.24) is 14.9 Å². The van der Waals surface area contributed by atoms with Gasteiger partial charge in [0.15, 0.2) is 0 Å². The molecular formula is C18H24ClN5. The molecule has 0 bridgehead atoms. The average Bonchev–Trinajstić information content (AvgIpc) is 3.35. The third-order valence-corrected chi connectivity index (χ3v) is 4.44. The lowest BCUT2D eigenvalue weighted by Gasteiger charge is -2.13. The Labute approximate surface area is 148 Å². The first-order valence-electron chi connectivity index (χ1n) is 8.32. The summed E-state index contributed by atoms with van der Waals surface area (Å²) < 4.78 is 0. The van der Waals surface area contributed by atoms with Crippen molar-refractivity contribution >= 4 is 29.1 Å². The van der Waals surface area contributed by atoms with E-state index in [4.69, 9.17) is 11.6 Å². The summed E-state index contributed by atoms with van der Waals surface area (Å²) in [5.41, 5.74) is 3.14. The Kier molecular flexibility index (Phi) is 5.21. The maximum Gasteiger partial charge on any atom is 0.224 e. The summed E-state index contributed by atoms with van der Waals surface area (Å²) in [7, 11) is 4.11. The predicted octanol–water partition coefficient (Wildman–Crippen LogP) is 4.03. The van der Waals surface area contributed by atoms with Gasteiger partial charge >= 0.3 is 0 Å². The number of likely N-dealkylation sites (N-methyl/N-ethyl adjacent to an activating group) is 1. The summed E-state index contributed by atoms with van der Waals surface area (Å²) in [4.78, 5) is 11.4. The van der Waals surface area contributed by atoms with Crippen LogP contribution in [0.1, 0.15) is 30.0 Å². The van der Waals surface area contributed by atoms with E-state index in [0.717, 1.165) is 40.9 Å². The molecule has 2 aromatic rings. The summed E-state index contributed by atoms with van der Waals surface area (Å²) in [6.45, 7) is 3.76. The molecule has 128 valence electrons. The Morgan fingerprint density at radius 3 is 2.67 bits per heavy atom. The highest BCUT2D eigenvalue weighted by Gasteiger charge is 2.26. The summed E-state index contributed by atoms with van der Waals surface area (Å²) in [6.07, 6.45) is 2.43. The number of aryl methyl sites for hydroxylation is 1. The minimum atomic E-state index is 0.579. The van der Waals surface area contributed by atoms with Crippen LogP contribution >= 0.6 is 11.6 Å². The molecule has 0 saturated heterocycles. The number of halogens is 1. The fourth-order valence-electron chi connectivity index (χ4n) is 2.46. The lowest BCUT2D eigenvalue weighted by Crippen LogP contribution is -2.21. The van der Waals surface area contributed by atoms with E-state index in [1.54, 1.807) is 0 Å². The van der Waals surface area contributed by atoms with Gasteiger partial charge in [0.2, 0.25) is 5.95 Å². The Balaban J connectivity index is 1.77. The van der Waals surface area contributed by atoms with Gasteiger partial charge in [-0.25, -0.2) is 4.98 Å². The van der Waals surface area contributed by atoms with Gasteiger partial charge in [-0.15, -0.1) is 0 Å². The first kappa shape index (κ1) is 17.0. The quantitative estimate of drug-likeness (QED) is 0.793. The van der Waals surface area contributed by atoms with Crippen LogP contribution in [0.3, 0.4) is 0 Å². The molecule has 3 rings (SSSR count). The van der Waals surface area contributed by atoms with Gasteiger partial charge in [-0.3, -0.25) is 0 Å². The zero-order valence-electron chi connectivity index (χ0n) is 14.4. The molecular weight excluding hydrogens is 322 g/mol. The average molecular weight is 346 g/mol. The molecule has 6 heteroatoms. The number of hydrogen-bond donors (Lipinski definition) is 2. The van der Waals surface area contributed by atoms with Crippen molar-refractivity contribution in [3.05, 3.63) is 40.5 Å². The number of rotatable bonds is 7. The van der Waals surface area contributed by atoms with Crippen LogP contribution in [0, 0.1) is 6.92 Å². The van der Waals surface area contributed by atoms with Gasteiger partial charge < -0.3 is 15.5 Å².